The molecule has 26 heavy (non-hydrogen) atoms. The Morgan fingerprint density at radius 2 is 2.15 bits per heavy atom. The molecular weight excluding hydrogens is 425 g/mol. The smallest absolute Gasteiger partial charge is 0.188 e. The van der Waals surface area contributed by atoms with Crippen LogP contribution in [0.25, 0.3) is 0 Å². The Balaban J connectivity index is 2.13. The highest BCUT2D eigenvalue weighted by molar-refractivity contribution is 9.10. The van der Waals surface area contributed by atoms with Gasteiger partial charge in [-0.15, -0.1) is 0 Å². The van der Waals surface area contributed by atoms with Gasteiger partial charge < -0.3 is 10.4 Å². The van der Waals surface area contributed by atoms with Crippen molar-refractivity contribution in [2.75, 3.05) is 6.61 Å². The van der Waals surface area contributed by atoms with E-state index in [2.05, 4.69) is 31.2 Å². The van der Waals surface area contributed by atoms with Crippen LogP contribution in [0.4, 0.5) is 4.39 Å². The first-order valence-corrected chi connectivity index (χ1v) is 8.84. The van der Waals surface area contributed by atoms with Crippen LogP contribution in [0.15, 0.2) is 57.3 Å². The minimum Gasteiger partial charge on any atom is -0.388 e. The average Bonchev–Trinajstić information content (AvgIpc) is 2.61. The van der Waals surface area contributed by atoms with Gasteiger partial charge in [-0.05, 0) is 47.1 Å². The Bertz CT molecular complexity index is 929. The lowest BCUT2D eigenvalue weighted by Crippen LogP contribution is -2.33. The number of aliphatic hydroxyl groups excluding tert-OH is 1. The number of hydrogen-bond donors (Lipinski definition) is 2. The van der Waals surface area contributed by atoms with Gasteiger partial charge in [-0.25, -0.2) is 4.39 Å². The largest absolute Gasteiger partial charge is 0.388 e. The molecule has 3 rings (SSSR count). The molecule has 134 valence electrons. The third-order valence-corrected chi connectivity index (χ3v) is 4.71. The zero-order valence-corrected chi connectivity index (χ0v) is 16.0. The zero-order chi connectivity index (χ0) is 18.8. The molecule has 1 aliphatic rings. The van der Waals surface area contributed by atoms with Gasteiger partial charge in [0, 0.05) is 32.5 Å². The number of halogens is 3. The molecule has 8 heteroatoms. The molecule has 0 radical (unpaired) electrons. The molecule has 0 fully saturated rings. The van der Waals surface area contributed by atoms with Crippen LogP contribution in [-0.4, -0.2) is 28.3 Å². The van der Waals surface area contributed by atoms with Gasteiger partial charge in [0.15, 0.2) is 11.6 Å². The minimum atomic E-state index is -0.774. The molecule has 1 atom stereocenters. The van der Waals surface area contributed by atoms with Crippen LogP contribution in [0.1, 0.15) is 24.2 Å². The number of benzene rings is 1. The molecule has 0 amide bonds. The molecule has 2 aromatic rings. The number of hydrogen-bond acceptors (Lipinski definition) is 5. The SMILES string of the molecule is CC1=C(C(=O)CO)C(c2ccc(F)cc2Cl)N=C(c2ccc(Br)cn2)N1. The highest BCUT2D eigenvalue weighted by atomic mass is 79.9. The monoisotopic (exact) mass is 437 g/mol. The van der Waals surface area contributed by atoms with Gasteiger partial charge in [0.1, 0.15) is 24.2 Å². The number of nitrogens with one attached hydrogen (secondary N) is 1. The summed E-state index contributed by atoms with van der Waals surface area (Å²) in [6, 6.07) is 6.73. The first kappa shape index (κ1) is 18.7. The van der Waals surface area contributed by atoms with Crippen LogP contribution in [0.5, 0.6) is 0 Å². The van der Waals surface area contributed by atoms with E-state index in [0.29, 0.717) is 22.8 Å². The molecule has 1 aromatic carbocycles. The number of rotatable bonds is 4. The number of ketones is 1. The van der Waals surface area contributed by atoms with Crippen molar-refractivity contribution >= 4 is 39.1 Å². The lowest BCUT2D eigenvalue weighted by molar-refractivity contribution is -0.118. The molecule has 0 saturated heterocycles. The van der Waals surface area contributed by atoms with E-state index in [1.54, 1.807) is 19.2 Å². The second-order valence-corrected chi connectivity index (χ2v) is 6.98. The Labute approximate surface area is 162 Å². The number of aromatic nitrogens is 1. The molecule has 2 heterocycles. The van der Waals surface area contributed by atoms with Crippen molar-refractivity contribution in [2.24, 2.45) is 4.99 Å². The summed E-state index contributed by atoms with van der Waals surface area (Å²) in [7, 11) is 0. The number of carbonyl (C=O) groups excluding carboxylic acids is 1. The minimum absolute atomic E-state index is 0.153. The highest BCUT2D eigenvalue weighted by Gasteiger charge is 2.30. The van der Waals surface area contributed by atoms with E-state index >= 15 is 0 Å². The van der Waals surface area contributed by atoms with Gasteiger partial charge in [-0.2, -0.15) is 0 Å². The van der Waals surface area contributed by atoms with Crippen molar-refractivity contribution < 1.29 is 14.3 Å². The third kappa shape index (κ3) is 3.70. The van der Waals surface area contributed by atoms with Gasteiger partial charge in [-0.1, -0.05) is 17.7 Å². The maximum absolute atomic E-state index is 13.4. The summed E-state index contributed by atoms with van der Waals surface area (Å²) in [6.07, 6.45) is 1.63. The number of allylic oxidation sites excluding steroid dienone is 1. The van der Waals surface area contributed by atoms with Crippen molar-refractivity contribution in [2.45, 2.75) is 13.0 Å². The number of Topliss-reactive ketones (excluding diaryl/α,β-unsaturated/α-hetero) is 1. The molecule has 0 aliphatic carbocycles. The maximum atomic E-state index is 13.4. The number of carbonyl (C=O) groups is 1. The summed E-state index contributed by atoms with van der Waals surface area (Å²) in [5.74, 6) is -0.510. The first-order chi connectivity index (χ1) is 12.4. The fraction of sp³-hybridized carbons (Fsp3) is 0.167. The lowest BCUT2D eigenvalue weighted by atomic mass is 9.93. The first-order valence-electron chi connectivity index (χ1n) is 7.67. The highest BCUT2D eigenvalue weighted by Crippen LogP contribution is 2.36. The predicted octanol–water partition coefficient (Wildman–Crippen LogP) is 3.56. The number of nitrogens with zero attached hydrogens (tertiary/aromatic N) is 2. The van der Waals surface area contributed by atoms with E-state index < -0.39 is 24.2 Å². The van der Waals surface area contributed by atoms with Crippen LogP contribution in [0, 0.1) is 5.82 Å². The van der Waals surface area contributed by atoms with E-state index in [-0.39, 0.29) is 10.6 Å². The standard InChI is InChI=1S/C18H14BrClFN3O2/c1-9-16(15(26)8-25)17(12-4-3-11(21)6-13(12)20)24-18(23-9)14-5-2-10(19)7-22-14/h2-7,17,25H,8H2,1H3,(H,23,24). The topological polar surface area (TPSA) is 74.6 Å². The van der Waals surface area contributed by atoms with Crippen LogP contribution >= 0.6 is 27.5 Å². The Kier molecular flexibility index (Phi) is 5.50. The van der Waals surface area contributed by atoms with Gasteiger partial charge in [-0.3, -0.25) is 14.8 Å². The molecule has 5 nitrogen and oxygen atoms in total. The van der Waals surface area contributed by atoms with Crippen molar-refractivity contribution in [1.82, 2.24) is 10.3 Å². The number of amidine groups is 1. The summed E-state index contributed by atoms with van der Waals surface area (Å²) in [6.45, 7) is 1.05. The Morgan fingerprint density at radius 1 is 1.38 bits per heavy atom. The normalized spacial score (nSPS) is 17.0. The van der Waals surface area contributed by atoms with E-state index in [1.165, 1.54) is 18.2 Å². The fourth-order valence-corrected chi connectivity index (χ4v) is 3.22. The summed E-state index contributed by atoms with van der Waals surface area (Å²) in [5.41, 5.74) is 1.86. The lowest BCUT2D eigenvalue weighted by Gasteiger charge is -2.26. The molecule has 1 aromatic heterocycles. The predicted molar refractivity (Wildman–Crippen MR) is 101 cm³/mol. The number of aliphatic imine (C=N–C) groups is 1. The zero-order valence-electron chi connectivity index (χ0n) is 13.6. The molecule has 1 unspecified atom stereocenters. The fourth-order valence-electron chi connectivity index (χ4n) is 2.72. The van der Waals surface area contributed by atoms with Crippen LogP contribution in [-0.2, 0) is 4.79 Å². The van der Waals surface area contributed by atoms with Crippen LogP contribution < -0.4 is 5.32 Å². The summed E-state index contributed by atoms with van der Waals surface area (Å²) >= 11 is 9.52. The van der Waals surface area contributed by atoms with Gasteiger partial charge in [0.25, 0.3) is 0 Å². The van der Waals surface area contributed by atoms with Crippen LogP contribution in [0.2, 0.25) is 5.02 Å². The number of aliphatic hydroxyl groups is 1. The second kappa shape index (κ2) is 7.65. The van der Waals surface area contributed by atoms with Gasteiger partial charge in [0.05, 0.1) is 0 Å². The average molecular weight is 439 g/mol. The summed E-state index contributed by atoms with van der Waals surface area (Å²) < 4.78 is 14.2. The van der Waals surface area contributed by atoms with Crippen LogP contribution in [0.3, 0.4) is 0 Å². The summed E-state index contributed by atoms with van der Waals surface area (Å²) in [5, 5.41) is 12.5. The Hall–Kier alpha value is -2.09. The Morgan fingerprint density at radius 3 is 2.77 bits per heavy atom. The van der Waals surface area contributed by atoms with Crippen molar-refractivity contribution in [3.05, 3.63) is 74.4 Å². The molecule has 0 bridgehead atoms. The van der Waals surface area contributed by atoms with Crippen molar-refractivity contribution in [1.29, 1.82) is 0 Å². The molecule has 0 spiro atoms. The van der Waals surface area contributed by atoms with E-state index in [0.717, 1.165) is 4.47 Å². The second-order valence-electron chi connectivity index (χ2n) is 5.65. The number of pyridine rings is 1. The van der Waals surface area contributed by atoms with E-state index in [1.807, 2.05) is 6.07 Å². The van der Waals surface area contributed by atoms with Crippen molar-refractivity contribution in [3.63, 3.8) is 0 Å². The molecule has 2 N–H and O–H groups in total. The van der Waals surface area contributed by atoms with Gasteiger partial charge >= 0.3 is 0 Å². The van der Waals surface area contributed by atoms with Crippen molar-refractivity contribution in [3.8, 4) is 0 Å². The van der Waals surface area contributed by atoms with E-state index in [9.17, 15) is 14.3 Å². The quantitative estimate of drug-likeness (QED) is 0.765. The molecular formula is C18H14BrClFN3O2. The molecule has 0 saturated carbocycles. The summed E-state index contributed by atoms with van der Waals surface area (Å²) in [4.78, 5) is 21.1. The van der Waals surface area contributed by atoms with Gasteiger partial charge in [0.2, 0.25) is 0 Å². The maximum Gasteiger partial charge on any atom is 0.188 e. The third-order valence-electron chi connectivity index (χ3n) is 3.91. The van der Waals surface area contributed by atoms with E-state index in [4.69, 9.17) is 11.6 Å². The molecule has 1 aliphatic heterocycles.